The molecule has 3 aliphatic heterocycles. The van der Waals surface area contributed by atoms with Gasteiger partial charge in [-0.05, 0) is 115 Å². The molecule has 3 aliphatic rings. The third-order valence-electron chi connectivity index (χ3n) is 22.8. The van der Waals surface area contributed by atoms with Crippen molar-refractivity contribution in [2.45, 2.75) is 19.6 Å². The summed E-state index contributed by atoms with van der Waals surface area (Å²) in [5, 5.41) is 2.79. The number of rotatable bonds is 11. The van der Waals surface area contributed by atoms with Crippen LogP contribution in [0.1, 0.15) is 0 Å². The molecule has 0 saturated carbocycles. The molecule has 5 radical (unpaired) electrons. The molecule has 6 aromatic heterocycles. The molecule has 10 nitrogen and oxygen atoms in total. The molecular formula is C115H72Ir5N5O5S2Se2-5. The SMILES string of the molecule is O=S1(=O)c2ccccc2-c2ccc(-c3ccnc(-c4[c-]cccc4)c3)cc21.O=S1c2ccccc2-c2ccc(-c3ccnc(-c4[c-]cccc4)c3)cc21.O=[Se]1(=O)c2ccccc2-c2ccc(-c3ccnc(-c4[c-]cccc4)c3)cc21.[Ir].[Ir].[Ir].[Ir].[Ir].[c-]1ccccc1-c1cc(-c2ccc(-c3ccccc3)cc2)ccn1.[c-]1ccccc1-c1cc(-c2ccc3c(c2)[se]c2ccccc23)ccn1. The Morgan fingerprint density at radius 3 is 1.07 bits per heavy atom. The van der Waals surface area contributed by atoms with Gasteiger partial charge in [-0.25, -0.2) is 12.6 Å². The number of hydrogen-bond donors (Lipinski definition) is 0. The first-order chi connectivity index (χ1) is 63.4. The van der Waals surface area contributed by atoms with Gasteiger partial charge >= 0.3 is 311 Å². The standard InChI is InChI=1S/C23H14NO2S.C23H14NO2Se.C23H14NOS.C23H14NSe.C23H16N.5Ir/c2*25-27(26)22-9-5-4-8-19(22)20-11-10-17(15-23(20)27)18-12-13-24-21(14-18)16-6-2-1-3-7-16;25-26-22-9-5-4-8-19(22)20-11-10-17(15-23(20)26)18-12-13-24-21(14-18)16-6-2-1-3-7-16;1-2-6-16(7-3-1)21-14-18(12-13-24-21)17-10-11-20-19-8-4-5-9-22(19)25-23(20)15-17;1-3-7-18(8-4-1)19-11-13-20(14-12-19)22-15-16-24-23(17-22)21-9-5-2-6-10-21;;;;;/h2*1-6,8-15H;1-6,8-15H;1-6,8-15H;1-9,11-17H;;;;;/q5*-1;;;;;. The number of aromatic nitrogens is 5. The van der Waals surface area contributed by atoms with Gasteiger partial charge < -0.3 is 15.0 Å². The van der Waals surface area contributed by atoms with E-state index < -0.39 is 33.3 Å². The molecule has 0 saturated heterocycles. The Morgan fingerprint density at radius 1 is 0.246 bits per heavy atom. The van der Waals surface area contributed by atoms with Gasteiger partial charge in [-0.3, -0.25) is 0 Å². The fourth-order valence-electron chi connectivity index (χ4n) is 16.4. The normalized spacial score (nSPS) is 12.4. The van der Waals surface area contributed by atoms with Gasteiger partial charge in [0.05, 0.1) is 30.4 Å². The Balaban J connectivity index is 0.000000127. The van der Waals surface area contributed by atoms with Crippen LogP contribution in [0.25, 0.3) is 176 Å². The van der Waals surface area contributed by atoms with Crippen molar-refractivity contribution in [3.63, 3.8) is 0 Å². The van der Waals surface area contributed by atoms with E-state index in [1.165, 1.54) is 47.1 Å². The van der Waals surface area contributed by atoms with Crippen molar-refractivity contribution >= 4 is 76.1 Å². The monoisotopic (exact) mass is 2790 g/mol. The fourth-order valence-corrected chi connectivity index (χ4v) is 25.5. The number of benzene rings is 15. The molecule has 661 valence electrons. The van der Waals surface area contributed by atoms with Gasteiger partial charge in [-0.2, -0.15) is 0 Å². The summed E-state index contributed by atoms with van der Waals surface area (Å²) in [5.74, 6) is 0. The van der Waals surface area contributed by atoms with E-state index in [-0.39, 0.29) is 101 Å². The summed E-state index contributed by atoms with van der Waals surface area (Å²) in [5.41, 5.74) is 27.5. The molecule has 21 aromatic rings. The van der Waals surface area contributed by atoms with Gasteiger partial charge in [0.1, 0.15) is 0 Å². The van der Waals surface area contributed by atoms with Crippen LogP contribution in [0.15, 0.2) is 457 Å². The van der Waals surface area contributed by atoms with Gasteiger partial charge in [0, 0.05) is 130 Å². The van der Waals surface area contributed by atoms with Crippen molar-refractivity contribution in [3.05, 3.63) is 468 Å². The van der Waals surface area contributed by atoms with Crippen LogP contribution in [0.4, 0.5) is 0 Å². The number of sulfone groups is 1. The Kier molecular flexibility index (Phi) is 31.4. The molecule has 134 heavy (non-hydrogen) atoms. The van der Waals surface area contributed by atoms with Crippen molar-refractivity contribution in [1.82, 2.24) is 24.9 Å². The number of nitrogens with zero attached hydrogens (tertiary/aromatic N) is 5. The molecule has 0 bridgehead atoms. The van der Waals surface area contributed by atoms with E-state index in [4.69, 9.17) is 0 Å². The average Bonchev–Trinajstić information content (AvgIpc) is 1.58. The predicted octanol–water partition coefficient (Wildman–Crippen LogP) is 25.5. The molecule has 0 amide bonds. The molecule has 19 heteroatoms. The molecule has 1 unspecified atom stereocenters. The predicted molar refractivity (Wildman–Crippen MR) is 520 cm³/mol. The van der Waals surface area contributed by atoms with Crippen molar-refractivity contribution < 1.29 is 121 Å². The van der Waals surface area contributed by atoms with E-state index in [0.29, 0.717) is 33.2 Å². The Hall–Kier alpha value is -12.0. The van der Waals surface area contributed by atoms with Crippen LogP contribution in [0.3, 0.4) is 0 Å². The molecule has 0 aliphatic carbocycles. The maximum absolute atomic E-state index is 13.0. The van der Waals surface area contributed by atoms with E-state index in [1.807, 2.05) is 255 Å². The average molecular weight is 2790 g/mol. The Morgan fingerprint density at radius 2 is 0.575 bits per heavy atom. The third-order valence-corrected chi connectivity index (χ3v) is 32.4. The van der Waals surface area contributed by atoms with Crippen LogP contribution in [0, 0.1) is 30.3 Å². The van der Waals surface area contributed by atoms with Gasteiger partial charge in [0.2, 0.25) is 9.84 Å². The summed E-state index contributed by atoms with van der Waals surface area (Å²) < 4.78 is 68.6. The second-order valence-electron chi connectivity index (χ2n) is 30.7. The molecule has 24 rings (SSSR count). The summed E-state index contributed by atoms with van der Waals surface area (Å²) in [6.45, 7) is 0. The van der Waals surface area contributed by atoms with Gasteiger partial charge in [-0.1, -0.05) is 133 Å². The van der Waals surface area contributed by atoms with E-state index in [9.17, 15) is 20.3 Å². The fraction of sp³-hybridized carbons (Fsp3) is 0. The summed E-state index contributed by atoms with van der Waals surface area (Å²) in [6, 6.07) is 150. The first kappa shape index (κ1) is 96.6. The third kappa shape index (κ3) is 20.5. The Bertz CT molecular complexity index is 7860. The molecule has 9 heterocycles. The molecule has 0 N–H and O–H groups in total. The zero-order valence-corrected chi connectivity index (χ0v) is 87.7. The van der Waals surface area contributed by atoms with Crippen molar-refractivity contribution in [2.24, 2.45) is 0 Å². The van der Waals surface area contributed by atoms with Crippen LogP contribution < -0.4 is 8.92 Å². The summed E-state index contributed by atoms with van der Waals surface area (Å²) in [4.78, 5) is 24.8. The molecule has 0 fully saturated rings. The molecule has 1 atom stereocenters. The maximum atomic E-state index is 13.0. The first-order valence-electron chi connectivity index (χ1n) is 41.8. The minimum atomic E-state index is -4.35. The van der Waals surface area contributed by atoms with E-state index >= 15 is 0 Å². The van der Waals surface area contributed by atoms with Crippen LogP contribution in [-0.4, -0.2) is 64.8 Å². The summed E-state index contributed by atoms with van der Waals surface area (Å²) in [6.07, 6.45) is 9.04. The van der Waals surface area contributed by atoms with Crippen LogP contribution >= 0.6 is 0 Å². The second kappa shape index (κ2) is 43.6. The summed E-state index contributed by atoms with van der Waals surface area (Å²) in [7, 11) is -4.60. The number of fused-ring (bicyclic) bond motifs is 12. The molecular weight excluding hydrogens is 2710 g/mol. The van der Waals surface area contributed by atoms with E-state index in [2.05, 4.69) is 189 Å². The van der Waals surface area contributed by atoms with Gasteiger partial charge in [-0.15, -0.1) is 108 Å². The van der Waals surface area contributed by atoms with Crippen LogP contribution in [0.2, 0.25) is 0 Å². The second-order valence-corrected chi connectivity index (χ2v) is 40.2. The van der Waals surface area contributed by atoms with Crippen LogP contribution in [-0.2, 0) is 129 Å². The topological polar surface area (TPSA) is 150 Å². The van der Waals surface area contributed by atoms with Crippen LogP contribution in [0.5, 0.6) is 0 Å². The zero-order valence-electron chi connectivity index (χ0n) is 70.6. The quantitative estimate of drug-likeness (QED) is 0.0904. The number of hydrogen-bond acceptors (Lipinski definition) is 10. The zero-order chi connectivity index (χ0) is 87.2. The van der Waals surface area contributed by atoms with Crippen molar-refractivity contribution in [1.29, 1.82) is 0 Å². The minimum absolute atomic E-state index is 0. The van der Waals surface area contributed by atoms with Crippen molar-refractivity contribution in [2.75, 3.05) is 0 Å². The van der Waals surface area contributed by atoms with Crippen molar-refractivity contribution in [3.8, 4) is 156 Å². The van der Waals surface area contributed by atoms with E-state index in [1.54, 1.807) is 48.8 Å². The number of pyridine rings is 5. The van der Waals surface area contributed by atoms with E-state index in [0.717, 1.165) is 138 Å². The van der Waals surface area contributed by atoms with Gasteiger partial charge in [0.15, 0.2) is 0 Å². The molecule has 15 aromatic carbocycles. The summed E-state index contributed by atoms with van der Waals surface area (Å²) >= 11 is -3.96. The van der Waals surface area contributed by atoms with Gasteiger partial charge in [0.25, 0.3) is 0 Å². The Labute approximate surface area is 856 Å². The molecule has 0 spiro atoms. The first-order valence-corrected chi connectivity index (χ1v) is 49.2.